The van der Waals surface area contributed by atoms with E-state index < -0.39 is 0 Å². The van der Waals surface area contributed by atoms with Gasteiger partial charge in [0.15, 0.2) is 0 Å². The van der Waals surface area contributed by atoms with E-state index >= 15 is 0 Å². The molecule has 0 aromatic heterocycles. The Kier molecular flexibility index (Phi) is 6.86. The highest BCUT2D eigenvalue weighted by Crippen LogP contribution is 2.16. The summed E-state index contributed by atoms with van der Waals surface area (Å²) in [6, 6.07) is 27.4. The zero-order valence-corrected chi connectivity index (χ0v) is 15.4. The first-order valence-corrected chi connectivity index (χ1v) is 9.24. The Morgan fingerprint density at radius 3 is 1.88 bits per heavy atom. The van der Waals surface area contributed by atoms with E-state index in [9.17, 15) is 0 Å². The van der Waals surface area contributed by atoms with E-state index in [4.69, 9.17) is 9.47 Å². The van der Waals surface area contributed by atoms with Gasteiger partial charge in [-0.2, -0.15) is 0 Å². The third-order valence-electron chi connectivity index (χ3n) is 4.37. The second-order valence-electron chi connectivity index (χ2n) is 6.38. The molecule has 3 aromatic carbocycles. The van der Waals surface area contributed by atoms with E-state index in [0.29, 0.717) is 19.8 Å². The molecule has 0 amide bonds. The first-order chi connectivity index (χ1) is 12.8. The molecular formula is C24H26O2. The molecule has 0 radical (unpaired) electrons. The second kappa shape index (κ2) is 9.79. The number of hydrogen-bond acceptors (Lipinski definition) is 2. The lowest BCUT2D eigenvalue weighted by Crippen LogP contribution is -2.06. The fraction of sp³-hybridized carbons (Fsp3) is 0.250. The van der Waals surface area contributed by atoms with Gasteiger partial charge in [0.25, 0.3) is 0 Å². The molecule has 0 bridgehead atoms. The number of benzene rings is 3. The molecule has 0 unspecified atom stereocenters. The molecule has 0 N–H and O–H groups in total. The molecule has 134 valence electrons. The van der Waals surface area contributed by atoms with Crippen LogP contribution >= 0.6 is 0 Å². The average molecular weight is 346 g/mol. The molecule has 0 saturated carbocycles. The van der Waals surface area contributed by atoms with Crippen LogP contribution in [0.15, 0.2) is 78.9 Å². The van der Waals surface area contributed by atoms with Gasteiger partial charge >= 0.3 is 0 Å². The number of ether oxygens (including phenoxy) is 2. The molecule has 2 heteroatoms. The van der Waals surface area contributed by atoms with Crippen LogP contribution in [0.3, 0.4) is 0 Å². The van der Waals surface area contributed by atoms with Gasteiger partial charge in [0.1, 0.15) is 12.4 Å². The minimum absolute atomic E-state index is 0.560. The topological polar surface area (TPSA) is 18.5 Å². The fourth-order valence-electron chi connectivity index (χ4n) is 2.81. The summed E-state index contributed by atoms with van der Waals surface area (Å²) >= 11 is 0. The van der Waals surface area contributed by atoms with Gasteiger partial charge in [-0.25, -0.2) is 0 Å². The molecule has 0 spiro atoms. The van der Waals surface area contributed by atoms with Crippen molar-refractivity contribution in [2.45, 2.75) is 26.4 Å². The van der Waals surface area contributed by atoms with Gasteiger partial charge in [-0.05, 0) is 47.2 Å². The first kappa shape index (κ1) is 18.2. The minimum atomic E-state index is 0.560. The molecule has 0 fully saturated rings. The molecule has 0 atom stereocenters. The van der Waals surface area contributed by atoms with Crippen LogP contribution < -0.4 is 4.74 Å². The summed E-state index contributed by atoms with van der Waals surface area (Å²) in [5, 5.41) is 0. The minimum Gasteiger partial charge on any atom is -0.491 e. The van der Waals surface area contributed by atoms with Gasteiger partial charge in [-0.3, -0.25) is 0 Å². The Labute approximate surface area is 156 Å². The van der Waals surface area contributed by atoms with Gasteiger partial charge in [-0.1, -0.05) is 73.7 Å². The maximum atomic E-state index is 5.75. The van der Waals surface area contributed by atoms with Crippen molar-refractivity contribution in [2.24, 2.45) is 0 Å². The van der Waals surface area contributed by atoms with Crippen molar-refractivity contribution >= 4 is 0 Å². The van der Waals surface area contributed by atoms with Crippen molar-refractivity contribution < 1.29 is 9.47 Å². The maximum absolute atomic E-state index is 5.75. The summed E-state index contributed by atoms with van der Waals surface area (Å²) in [5.74, 6) is 0.887. The monoisotopic (exact) mass is 346 g/mol. The Morgan fingerprint density at radius 1 is 0.615 bits per heavy atom. The molecule has 0 heterocycles. The molecular weight excluding hydrogens is 320 g/mol. The van der Waals surface area contributed by atoms with Crippen LogP contribution in [-0.2, 0) is 24.2 Å². The third-order valence-corrected chi connectivity index (χ3v) is 4.37. The van der Waals surface area contributed by atoms with E-state index in [0.717, 1.165) is 18.6 Å². The molecule has 0 aliphatic heterocycles. The highest BCUT2D eigenvalue weighted by atomic mass is 16.5. The Bertz CT molecular complexity index is 762. The normalized spacial score (nSPS) is 10.7. The predicted octanol–water partition coefficient (Wildman–Crippen LogP) is 5.44. The summed E-state index contributed by atoms with van der Waals surface area (Å²) in [5.41, 5.74) is 5.20. The molecule has 26 heavy (non-hydrogen) atoms. The SMILES string of the molecule is CCc1ccc(Cc2ccc(OCCOCc3ccccc3)cc2)cc1. The standard InChI is InChI=1S/C24H26O2/c1-2-20-8-10-21(11-9-20)18-22-12-14-24(15-13-22)26-17-16-25-19-23-6-4-3-5-7-23/h3-15H,2,16-19H2,1H3. The van der Waals surface area contributed by atoms with Gasteiger partial charge < -0.3 is 9.47 Å². The van der Waals surface area contributed by atoms with Crippen molar-refractivity contribution in [2.75, 3.05) is 13.2 Å². The predicted molar refractivity (Wildman–Crippen MR) is 107 cm³/mol. The lowest BCUT2D eigenvalue weighted by atomic mass is 10.0. The van der Waals surface area contributed by atoms with Crippen LogP contribution in [0.25, 0.3) is 0 Å². The number of rotatable bonds is 9. The Hall–Kier alpha value is -2.58. The summed E-state index contributed by atoms with van der Waals surface area (Å²) < 4.78 is 11.4. The number of aryl methyl sites for hydroxylation is 1. The summed E-state index contributed by atoms with van der Waals surface area (Å²) in [6.07, 6.45) is 2.03. The van der Waals surface area contributed by atoms with Crippen molar-refractivity contribution in [3.8, 4) is 5.75 Å². The highest BCUT2D eigenvalue weighted by Gasteiger charge is 1.99. The molecule has 0 aliphatic rings. The van der Waals surface area contributed by atoms with Crippen LogP contribution in [0.2, 0.25) is 0 Å². The average Bonchev–Trinajstić information content (AvgIpc) is 2.70. The second-order valence-corrected chi connectivity index (χ2v) is 6.38. The maximum Gasteiger partial charge on any atom is 0.119 e. The molecule has 0 saturated heterocycles. The van der Waals surface area contributed by atoms with Crippen LogP contribution in [0.1, 0.15) is 29.2 Å². The van der Waals surface area contributed by atoms with Crippen molar-refractivity contribution in [3.63, 3.8) is 0 Å². The number of hydrogen-bond donors (Lipinski definition) is 0. The van der Waals surface area contributed by atoms with Gasteiger partial charge in [0.2, 0.25) is 0 Å². The molecule has 0 aliphatic carbocycles. The first-order valence-electron chi connectivity index (χ1n) is 9.24. The quantitative estimate of drug-likeness (QED) is 0.481. The largest absolute Gasteiger partial charge is 0.491 e. The third kappa shape index (κ3) is 5.75. The van der Waals surface area contributed by atoms with E-state index in [1.54, 1.807) is 0 Å². The van der Waals surface area contributed by atoms with Crippen LogP contribution in [0, 0.1) is 0 Å². The zero-order valence-electron chi connectivity index (χ0n) is 15.4. The van der Waals surface area contributed by atoms with Gasteiger partial charge in [0, 0.05) is 0 Å². The van der Waals surface area contributed by atoms with Gasteiger partial charge in [0.05, 0.1) is 13.2 Å². The summed E-state index contributed by atoms with van der Waals surface area (Å²) in [6.45, 7) is 3.95. The lowest BCUT2D eigenvalue weighted by molar-refractivity contribution is 0.0889. The smallest absolute Gasteiger partial charge is 0.119 e. The van der Waals surface area contributed by atoms with Crippen molar-refractivity contribution in [1.82, 2.24) is 0 Å². The van der Waals surface area contributed by atoms with Crippen LogP contribution in [0.4, 0.5) is 0 Å². The van der Waals surface area contributed by atoms with E-state index in [-0.39, 0.29) is 0 Å². The Balaban J connectivity index is 1.39. The lowest BCUT2D eigenvalue weighted by Gasteiger charge is -2.09. The van der Waals surface area contributed by atoms with Crippen molar-refractivity contribution in [3.05, 3.63) is 101 Å². The fourth-order valence-corrected chi connectivity index (χ4v) is 2.81. The Morgan fingerprint density at radius 2 is 1.23 bits per heavy atom. The zero-order chi connectivity index (χ0) is 18.0. The van der Waals surface area contributed by atoms with Gasteiger partial charge in [-0.15, -0.1) is 0 Å². The van der Waals surface area contributed by atoms with Crippen molar-refractivity contribution in [1.29, 1.82) is 0 Å². The van der Waals surface area contributed by atoms with E-state index in [1.807, 2.05) is 30.3 Å². The molecule has 3 rings (SSSR count). The molecule has 3 aromatic rings. The van der Waals surface area contributed by atoms with E-state index in [2.05, 4.69) is 55.5 Å². The summed E-state index contributed by atoms with van der Waals surface area (Å²) in [7, 11) is 0. The summed E-state index contributed by atoms with van der Waals surface area (Å²) in [4.78, 5) is 0. The highest BCUT2D eigenvalue weighted by molar-refractivity contribution is 5.32. The van der Waals surface area contributed by atoms with E-state index in [1.165, 1.54) is 22.3 Å². The molecule has 2 nitrogen and oxygen atoms in total. The van der Waals surface area contributed by atoms with Crippen LogP contribution in [-0.4, -0.2) is 13.2 Å². The van der Waals surface area contributed by atoms with Crippen LogP contribution in [0.5, 0.6) is 5.75 Å².